The molecule has 84 valence electrons. The van der Waals surface area contributed by atoms with E-state index in [1.165, 1.54) is 0 Å². The molecule has 0 heterocycles. The number of halogens is 2. The highest BCUT2D eigenvalue weighted by atomic mass is 19.1. The van der Waals surface area contributed by atoms with Crippen molar-refractivity contribution in [3.63, 3.8) is 0 Å². The fourth-order valence-corrected chi connectivity index (χ4v) is 0.955. The van der Waals surface area contributed by atoms with Gasteiger partial charge in [-0.1, -0.05) is 13.8 Å². The van der Waals surface area contributed by atoms with E-state index in [2.05, 4.69) is 0 Å². The van der Waals surface area contributed by atoms with Crippen molar-refractivity contribution in [3.05, 3.63) is 29.8 Å². The van der Waals surface area contributed by atoms with Gasteiger partial charge in [-0.25, -0.2) is 8.78 Å². The number of aliphatic hydroxyl groups excluding tert-OH is 1. The molecule has 1 rings (SSSR count). The van der Waals surface area contributed by atoms with Crippen molar-refractivity contribution < 1.29 is 18.6 Å². The summed E-state index contributed by atoms with van der Waals surface area (Å²) in [5.74, 6) is -1.35. The van der Waals surface area contributed by atoms with Crippen LogP contribution in [0.1, 0.15) is 13.8 Å². The van der Waals surface area contributed by atoms with E-state index in [4.69, 9.17) is 4.74 Å². The molecule has 0 amide bonds. The van der Waals surface area contributed by atoms with Crippen LogP contribution in [0.5, 0.6) is 5.75 Å². The lowest BCUT2D eigenvalue weighted by Crippen LogP contribution is -2.23. The molecule has 0 aliphatic rings. The van der Waals surface area contributed by atoms with E-state index < -0.39 is 17.7 Å². The van der Waals surface area contributed by atoms with Gasteiger partial charge < -0.3 is 9.84 Å². The first-order valence-electron chi connectivity index (χ1n) is 4.76. The number of benzene rings is 1. The van der Waals surface area contributed by atoms with Crippen molar-refractivity contribution in [3.8, 4) is 5.75 Å². The van der Waals surface area contributed by atoms with Crippen LogP contribution in [0, 0.1) is 17.6 Å². The highest BCUT2D eigenvalue weighted by molar-refractivity contribution is 5.24. The zero-order valence-electron chi connectivity index (χ0n) is 8.71. The molecule has 1 atom stereocenters. The second-order valence-electron chi connectivity index (χ2n) is 3.70. The van der Waals surface area contributed by atoms with Gasteiger partial charge in [-0.05, 0) is 18.1 Å². The minimum Gasteiger partial charge on any atom is -0.488 e. The van der Waals surface area contributed by atoms with Gasteiger partial charge in [-0.3, -0.25) is 0 Å². The average molecular weight is 216 g/mol. The van der Waals surface area contributed by atoms with Crippen molar-refractivity contribution in [2.24, 2.45) is 5.92 Å². The van der Waals surface area contributed by atoms with Gasteiger partial charge in [-0.15, -0.1) is 0 Å². The number of ether oxygens (including phenoxy) is 1. The van der Waals surface area contributed by atoms with Gasteiger partial charge >= 0.3 is 0 Å². The third-order valence-electron chi connectivity index (χ3n) is 2.07. The van der Waals surface area contributed by atoms with Crippen LogP contribution in [-0.4, -0.2) is 17.8 Å². The fourth-order valence-electron chi connectivity index (χ4n) is 0.955. The lowest BCUT2D eigenvalue weighted by Gasteiger charge is -2.15. The van der Waals surface area contributed by atoms with Crippen LogP contribution in [0.3, 0.4) is 0 Å². The standard InChI is InChI=1S/C11H14F2O2/c1-7(2)10(14)6-15-11-5-8(12)3-4-9(11)13/h3-5,7,10,14H,6H2,1-2H3. The SMILES string of the molecule is CC(C)C(O)COc1cc(F)ccc1F. The molecule has 0 aliphatic heterocycles. The van der Waals surface area contributed by atoms with E-state index in [0.29, 0.717) is 0 Å². The molecule has 4 heteroatoms. The van der Waals surface area contributed by atoms with Crippen LogP contribution in [-0.2, 0) is 0 Å². The average Bonchev–Trinajstić information content (AvgIpc) is 2.18. The van der Waals surface area contributed by atoms with Crippen molar-refractivity contribution in [1.29, 1.82) is 0 Å². The molecule has 15 heavy (non-hydrogen) atoms. The molecule has 0 radical (unpaired) electrons. The predicted molar refractivity (Wildman–Crippen MR) is 52.7 cm³/mol. The second-order valence-corrected chi connectivity index (χ2v) is 3.70. The molecular formula is C11H14F2O2. The van der Waals surface area contributed by atoms with Crippen molar-refractivity contribution in [2.45, 2.75) is 20.0 Å². The summed E-state index contributed by atoms with van der Waals surface area (Å²) in [6.45, 7) is 3.59. The first kappa shape index (κ1) is 11.9. The topological polar surface area (TPSA) is 29.5 Å². The van der Waals surface area contributed by atoms with Gasteiger partial charge in [0, 0.05) is 6.07 Å². The normalized spacial score (nSPS) is 12.9. The second kappa shape index (κ2) is 5.07. The molecule has 0 aromatic heterocycles. The van der Waals surface area contributed by atoms with E-state index in [9.17, 15) is 13.9 Å². The van der Waals surface area contributed by atoms with Crippen molar-refractivity contribution >= 4 is 0 Å². The zero-order valence-corrected chi connectivity index (χ0v) is 8.71. The Kier molecular flexibility index (Phi) is 4.03. The minimum atomic E-state index is -0.687. The van der Waals surface area contributed by atoms with Crippen LogP contribution in [0.2, 0.25) is 0 Å². The van der Waals surface area contributed by atoms with Crippen LogP contribution in [0.25, 0.3) is 0 Å². The van der Waals surface area contributed by atoms with Crippen LogP contribution in [0.4, 0.5) is 8.78 Å². The number of hydrogen-bond acceptors (Lipinski definition) is 2. The van der Waals surface area contributed by atoms with Crippen LogP contribution in [0.15, 0.2) is 18.2 Å². The molecular weight excluding hydrogens is 202 g/mol. The molecule has 0 bridgehead atoms. The highest BCUT2D eigenvalue weighted by Gasteiger charge is 2.12. The maximum atomic E-state index is 13.0. The van der Waals surface area contributed by atoms with E-state index in [0.717, 1.165) is 18.2 Å². The fraction of sp³-hybridized carbons (Fsp3) is 0.455. The Hall–Kier alpha value is -1.16. The first-order valence-corrected chi connectivity index (χ1v) is 4.76. The molecule has 2 nitrogen and oxygen atoms in total. The Morgan fingerprint density at radius 3 is 2.60 bits per heavy atom. The lowest BCUT2D eigenvalue weighted by molar-refractivity contribution is 0.0683. The van der Waals surface area contributed by atoms with Gasteiger partial charge in [0.05, 0.1) is 6.10 Å². The van der Waals surface area contributed by atoms with Gasteiger partial charge in [0.2, 0.25) is 0 Å². The number of rotatable bonds is 4. The maximum absolute atomic E-state index is 13.0. The summed E-state index contributed by atoms with van der Waals surface area (Å²) < 4.78 is 30.7. The Morgan fingerprint density at radius 1 is 1.33 bits per heavy atom. The summed E-state index contributed by atoms with van der Waals surface area (Å²) in [5.41, 5.74) is 0. The van der Waals surface area contributed by atoms with E-state index in [-0.39, 0.29) is 18.3 Å². The van der Waals surface area contributed by atoms with E-state index in [1.807, 2.05) is 13.8 Å². The molecule has 0 spiro atoms. The van der Waals surface area contributed by atoms with Crippen molar-refractivity contribution in [1.82, 2.24) is 0 Å². The summed E-state index contributed by atoms with van der Waals surface area (Å²) in [4.78, 5) is 0. The summed E-state index contributed by atoms with van der Waals surface area (Å²) in [7, 11) is 0. The summed E-state index contributed by atoms with van der Waals surface area (Å²) in [5, 5.41) is 9.41. The predicted octanol–water partition coefficient (Wildman–Crippen LogP) is 2.36. The van der Waals surface area contributed by atoms with Gasteiger partial charge in [-0.2, -0.15) is 0 Å². The molecule has 0 fully saturated rings. The Balaban J connectivity index is 2.61. The molecule has 1 N–H and O–H groups in total. The molecule has 0 saturated heterocycles. The summed E-state index contributed by atoms with van der Waals surface area (Å²) in [6.07, 6.45) is -0.687. The first-order chi connectivity index (χ1) is 7.00. The third-order valence-corrected chi connectivity index (χ3v) is 2.07. The van der Waals surface area contributed by atoms with Gasteiger partial charge in [0.25, 0.3) is 0 Å². The van der Waals surface area contributed by atoms with E-state index >= 15 is 0 Å². The molecule has 1 aromatic carbocycles. The van der Waals surface area contributed by atoms with Crippen molar-refractivity contribution in [2.75, 3.05) is 6.61 Å². The molecule has 1 aromatic rings. The summed E-state index contributed by atoms with van der Waals surface area (Å²) in [6, 6.07) is 2.97. The minimum absolute atomic E-state index is 0.0154. The van der Waals surface area contributed by atoms with Gasteiger partial charge in [0.15, 0.2) is 11.6 Å². The summed E-state index contributed by atoms with van der Waals surface area (Å²) >= 11 is 0. The number of hydrogen-bond donors (Lipinski definition) is 1. The highest BCUT2D eigenvalue weighted by Crippen LogP contribution is 2.18. The Bertz CT molecular complexity index is 326. The Labute approximate surface area is 87.5 Å². The molecule has 1 unspecified atom stereocenters. The monoisotopic (exact) mass is 216 g/mol. The van der Waals surface area contributed by atoms with E-state index in [1.54, 1.807) is 0 Å². The maximum Gasteiger partial charge on any atom is 0.165 e. The Morgan fingerprint density at radius 2 is 2.00 bits per heavy atom. The largest absolute Gasteiger partial charge is 0.488 e. The van der Waals surface area contributed by atoms with Crippen LogP contribution >= 0.6 is 0 Å². The third kappa shape index (κ3) is 3.47. The smallest absolute Gasteiger partial charge is 0.165 e. The van der Waals surface area contributed by atoms with Gasteiger partial charge in [0.1, 0.15) is 12.4 Å². The zero-order chi connectivity index (χ0) is 11.4. The quantitative estimate of drug-likeness (QED) is 0.837. The molecule has 0 saturated carbocycles. The van der Waals surface area contributed by atoms with Crippen LogP contribution < -0.4 is 4.74 Å². The molecule has 0 aliphatic carbocycles. The number of aliphatic hydroxyl groups is 1. The lowest BCUT2D eigenvalue weighted by atomic mass is 10.1.